The van der Waals surface area contributed by atoms with Gasteiger partial charge in [-0.3, -0.25) is 14.4 Å². The highest BCUT2D eigenvalue weighted by Crippen LogP contribution is 2.20. The fourth-order valence-electron chi connectivity index (χ4n) is 1.35. The van der Waals surface area contributed by atoms with Crippen LogP contribution in [-0.2, 0) is 14.4 Å². The van der Waals surface area contributed by atoms with Gasteiger partial charge in [0.1, 0.15) is 6.54 Å². The van der Waals surface area contributed by atoms with Crippen molar-refractivity contribution in [3.05, 3.63) is 28.7 Å². The number of halogens is 1. The Labute approximate surface area is 128 Å². The van der Waals surface area contributed by atoms with Gasteiger partial charge in [-0.05, 0) is 24.3 Å². The molecule has 20 heavy (non-hydrogen) atoms. The van der Waals surface area contributed by atoms with Crippen LogP contribution in [0, 0.1) is 0 Å². The van der Waals surface area contributed by atoms with Crippen LogP contribution in [0.4, 0.5) is 0 Å². The number of amides is 2. The number of hydrogen-bond donors (Lipinski definition) is 2. The first-order chi connectivity index (χ1) is 9.38. The monoisotopic (exact) mass is 360 g/mol. The summed E-state index contributed by atoms with van der Waals surface area (Å²) < 4.78 is 0.925. The van der Waals surface area contributed by atoms with Crippen LogP contribution >= 0.6 is 27.7 Å². The molecule has 0 unspecified atom stereocenters. The number of carboxylic acids is 1. The normalized spacial score (nSPS) is 10.1. The van der Waals surface area contributed by atoms with E-state index >= 15 is 0 Å². The maximum atomic E-state index is 11.9. The van der Waals surface area contributed by atoms with E-state index in [1.54, 1.807) is 0 Å². The first-order valence-corrected chi connectivity index (χ1v) is 7.32. The van der Waals surface area contributed by atoms with Gasteiger partial charge in [-0.25, -0.2) is 0 Å². The van der Waals surface area contributed by atoms with E-state index in [4.69, 9.17) is 10.8 Å². The van der Waals surface area contributed by atoms with Crippen LogP contribution in [0.5, 0.6) is 0 Å². The number of thioether (sulfide) groups is 1. The number of carboxylic acid groups (broad SMARTS) is 1. The lowest BCUT2D eigenvalue weighted by Gasteiger charge is -2.18. The summed E-state index contributed by atoms with van der Waals surface area (Å²) in [5.41, 5.74) is 4.99. The molecule has 0 saturated carbocycles. The predicted octanol–water partition coefficient (Wildman–Crippen LogP) is 0.940. The van der Waals surface area contributed by atoms with Gasteiger partial charge < -0.3 is 15.7 Å². The van der Waals surface area contributed by atoms with E-state index in [-0.39, 0.29) is 5.75 Å². The lowest BCUT2D eigenvalue weighted by molar-refractivity contribution is -0.144. The number of carbonyl (C=O) groups excluding carboxylic acids is 2. The van der Waals surface area contributed by atoms with Gasteiger partial charge in [-0.1, -0.05) is 15.9 Å². The molecule has 0 atom stereocenters. The van der Waals surface area contributed by atoms with E-state index < -0.39 is 30.9 Å². The smallest absolute Gasteiger partial charge is 0.323 e. The van der Waals surface area contributed by atoms with Crippen molar-refractivity contribution in [2.75, 3.05) is 18.8 Å². The third-order valence-electron chi connectivity index (χ3n) is 2.20. The molecule has 0 aliphatic carbocycles. The lowest BCUT2D eigenvalue weighted by Crippen LogP contribution is -2.42. The van der Waals surface area contributed by atoms with Gasteiger partial charge in [-0.2, -0.15) is 0 Å². The van der Waals surface area contributed by atoms with Crippen molar-refractivity contribution in [3.63, 3.8) is 0 Å². The molecule has 6 nitrogen and oxygen atoms in total. The number of hydrogen-bond acceptors (Lipinski definition) is 4. The Hall–Kier alpha value is -1.54. The quantitative estimate of drug-likeness (QED) is 0.704. The molecule has 0 bridgehead atoms. The molecule has 0 aliphatic rings. The molecule has 3 N–H and O–H groups in total. The summed E-state index contributed by atoms with van der Waals surface area (Å²) in [5, 5.41) is 8.70. The van der Waals surface area contributed by atoms with Crippen LogP contribution in [-0.4, -0.2) is 46.6 Å². The standard InChI is InChI=1S/C12H13BrN2O4S/c13-8-1-3-9(4-2-8)20-7-11(17)15(5-10(14)16)6-12(18)19/h1-4H,5-7H2,(H2,14,16)(H,18,19). The van der Waals surface area contributed by atoms with Crippen LogP contribution in [0.2, 0.25) is 0 Å². The zero-order valence-corrected chi connectivity index (χ0v) is 12.8. The second-order valence-corrected chi connectivity index (χ2v) is 5.82. The molecule has 0 fully saturated rings. The maximum absolute atomic E-state index is 11.9. The summed E-state index contributed by atoms with van der Waals surface area (Å²) >= 11 is 4.56. The molecular formula is C12H13BrN2O4S. The highest BCUT2D eigenvalue weighted by molar-refractivity contribution is 9.10. The molecule has 0 spiro atoms. The Morgan fingerprint density at radius 2 is 1.80 bits per heavy atom. The summed E-state index contributed by atoms with van der Waals surface area (Å²) in [7, 11) is 0. The molecule has 1 aromatic carbocycles. The van der Waals surface area contributed by atoms with Gasteiger partial charge in [0.15, 0.2) is 0 Å². The SMILES string of the molecule is NC(=O)CN(CC(=O)O)C(=O)CSc1ccc(Br)cc1. The van der Waals surface area contributed by atoms with Crippen molar-refractivity contribution in [1.82, 2.24) is 4.90 Å². The molecule has 0 aromatic heterocycles. The minimum Gasteiger partial charge on any atom is -0.480 e. The molecule has 2 amide bonds. The van der Waals surface area contributed by atoms with Crippen molar-refractivity contribution < 1.29 is 19.5 Å². The van der Waals surface area contributed by atoms with Crippen LogP contribution in [0.1, 0.15) is 0 Å². The van der Waals surface area contributed by atoms with Gasteiger partial charge in [0, 0.05) is 9.37 Å². The van der Waals surface area contributed by atoms with E-state index in [9.17, 15) is 14.4 Å². The Morgan fingerprint density at radius 3 is 2.30 bits per heavy atom. The number of benzene rings is 1. The fraction of sp³-hybridized carbons (Fsp3) is 0.250. The van der Waals surface area contributed by atoms with Crippen molar-refractivity contribution in [2.45, 2.75) is 4.90 Å². The molecular weight excluding hydrogens is 348 g/mol. The average molecular weight is 361 g/mol. The van der Waals surface area contributed by atoms with Crippen LogP contribution in [0.15, 0.2) is 33.6 Å². The number of carbonyl (C=O) groups is 3. The highest BCUT2D eigenvalue weighted by atomic mass is 79.9. The van der Waals surface area contributed by atoms with Gasteiger partial charge in [-0.15, -0.1) is 11.8 Å². The molecule has 108 valence electrons. The third-order valence-corrected chi connectivity index (χ3v) is 3.73. The maximum Gasteiger partial charge on any atom is 0.323 e. The Balaban J connectivity index is 2.58. The van der Waals surface area contributed by atoms with E-state index in [1.165, 1.54) is 11.8 Å². The highest BCUT2D eigenvalue weighted by Gasteiger charge is 2.18. The van der Waals surface area contributed by atoms with Crippen LogP contribution in [0.25, 0.3) is 0 Å². The molecule has 0 heterocycles. The number of nitrogens with two attached hydrogens (primary N) is 1. The first-order valence-electron chi connectivity index (χ1n) is 5.54. The zero-order valence-electron chi connectivity index (χ0n) is 10.4. The second kappa shape index (κ2) is 7.91. The van der Waals surface area contributed by atoms with E-state index in [2.05, 4.69) is 15.9 Å². The molecule has 0 saturated heterocycles. The summed E-state index contributed by atoms with van der Waals surface area (Å²) in [6.07, 6.45) is 0. The van der Waals surface area contributed by atoms with E-state index in [0.717, 1.165) is 14.3 Å². The Bertz CT molecular complexity index is 491. The summed E-state index contributed by atoms with van der Waals surface area (Å²) in [5.74, 6) is -2.33. The molecule has 0 radical (unpaired) electrons. The summed E-state index contributed by atoms with van der Waals surface area (Å²) in [6.45, 7) is -0.936. The van der Waals surface area contributed by atoms with Crippen molar-refractivity contribution in [1.29, 1.82) is 0 Å². The van der Waals surface area contributed by atoms with Crippen molar-refractivity contribution >= 4 is 45.5 Å². The van der Waals surface area contributed by atoms with Crippen LogP contribution in [0.3, 0.4) is 0 Å². The zero-order chi connectivity index (χ0) is 15.1. The Kier molecular flexibility index (Phi) is 6.53. The van der Waals surface area contributed by atoms with Gasteiger partial charge >= 0.3 is 5.97 Å². The van der Waals surface area contributed by atoms with Crippen molar-refractivity contribution in [2.24, 2.45) is 5.73 Å². The number of rotatable bonds is 7. The van der Waals surface area contributed by atoms with E-state index in [0.29, 0.717) is 0 Å². The molecule has 0 aliphatic heterocycles. The lowest BCUT2D eigenvalue weighted by atomic mass is 10.4. The fourth-order valence-corrected chi connectivity index (χ4v) is 2.42. The van der Waals surface area contributed by atoms with Crippen LogP contribution < -0.4 is 5.73 Å². The van der Waals surface area contributed by atoms with Gasteiger partial charge in [0.2, 0.25) is 11.8 Å². The van der Waals surface area contributed by atoms with Gasteiger partial charge in [0.25, 0.3) is 0 Å². The first kappa shape index (κ1) is 16.5. The predicted molar refractivity (Wildman–Crippen MR) is 78.3 cm³/mol. The number of aliphatic carboxylic acids is 1. The second-order valence-electron chi connectivity index (χ2n) is 3.85. The topological polar surface area (TPSA) is 101 Å². The minimum atomic E-state index is -1.19. The number of primary amides is 1. The van der Waals surface area contributed by atoms with Gasteiger partial charge in [0.05, 0.1) is 12.3 Å². The average Bonchev–Trinajstić information content (AvgIpc) is 2.36. The number of nitrogens with zero attached hydrogens (tertiary/aromatic N) is 1. The summed E-state index contributed by atoms with van der Waals surface area (Å²) in [4.78, 5) is 35.2. The third kappa shape index (κ3) is 6.07. The van der Waals surface area contributed by atoms with E-state index in [1.807, 2.05) is 24.3 Å². The Morgan fingerprint density at radius 1 is 1.20 bits per heavy atom. The minimum absolute atomic E-state index is 0.0438. The molecule has 8 heteroatoms. The molecule has 1 rings (SSSR count). The van der Waals surface area contributed by atoms with Crippen molar-refractivity contribution in [3.8, 4) is 0 Å². The summed E-state index contributed by atoms with van der Waals surface area (Å²) in [6, 6.07) is 7.34. The molecule has 1 aromatic rings. The largest absolute Gasteiger partial charge is 0.480 e.